The molecule has 0 spiro atoms. The molecule has 4 nitrogen and oxygen atoms in total. The number of aromatic hydroxyl groups is 1. The Morgan fingerprint density at radius 2 is 1.71 bits per heavy atom. The maximum atomic E-state index is 12.1. The van der Waals surface area contributed by atoms with Crippen LogP contribution in [0.5, 0.6) is 5.75 Å². The average Bonchev–Trinajstić information content (AvgIpc) is 2.46. The van der Waals surface area contributed by atoms with Gasteiger partial charge >= 0.3 is 5.97 Å². The van der Waals surface area contributed by atoms with Crippen LogP contribution in [0.1, 0.15) is 31.8 Å². The van der Waals surface area contributed by atoms with Crippen LogP contribution in [0.3, 0.4) is 0 Å². The number of aromatic carboxylic acids is 1. The summed E-state index contributed by atoms with van der Waals surface area (Å²) in [6.45, 7) is 1.96. The van der Waals surface area contributed by atoms with Crippen LogP contribution in [-0.2, 0) is 0 Å². The van der Waals surface area contributed by atoms with E-state index in [9.17, 15) is 14.7 Å². The van der Waals surface area contributed by atoms with Crippen molar-refractivity contribution in [3.63, 3.8) is 0 Å². The van der Waals surface area contributed by atoms with Gasteiger partial charge in [0.2, 0.25) is 0 Å². The average molecular weight is 282 g/mol. The van der Waals surface area contributed by atoms with Crippen LogP contribution in [0.15, 0.2) is 48.5 Å². The molecule has 0 fully saturated rings. The summed E-state index contributed by atoms with van der Waals surface area (Å²) in [5.74, 6) is -2.14. The third-order valence-corrected chi connectivity index (χ3v) is 3.02. The Kier molecular flexibility index (Phi) is 4.18. The number of ketones is 1. The summed E-state index contributed by atoms with van der Waals surface area (Å²) in [5, 5.41) is 18.8. The highest BCUT2D eigenvalue weighted by molar-refractivity contribution is 6.14. The van der Waals surface area contributed by atoms with Crippen molar-refractivity contribution in [2.24, 2.45) is 0 Å². The molecular formula is C17H14O4. The van der Waals surface area contributed by atoms with Gasteiger partial charge in [-0.25, -0.2) is 4.79 Å². The van der Waals surface area contributed by atoms with Crippen molar-refractivity contribution in [2.45, 2.75) is 6.92 Å². The predicted molar refractivity (Wildman–Crippen MR) is 79.6 cm³/mol. The van der Waals surface area contributed by atoms with Crippen molar-refractivity contribution < 1.29 is 19.8 Å². The van der Waals surface area contributed by atoms with Gasteiger partial charge in [0, 0.05) is 0 Å². The molecule has 0 aliphatic rings. The number of phenolic OH excluding ortho intramolecular Hbond substituents is 1. The maximum Gasteiger partial charge on any atom is 0.336 e. The maximum absolute atomic E-state index is 12.1. The first-order chi connectivity index (χ1) is 9.99. The van der Waals surface area contributed by atoms with Crippen LogP contribution in [0.2, 0.25) is 0 Å². The van der Waals surface area contributed by atoms with Gasteiger partial charge < -0.3 is 10.2 Å². The molecule has 0 aliphatic carbocycles. The first-order valence-electron chi connectivity index (χ1n) is 6.33. The van der Waals surface area contributed by atoms with Gasteiger partial charge in [-0.3, -0.25) is 4.79 Å². The zero-order chi connectivity index (χ0) is 15.4. The molecule has 21 heavy (non-hydrogen) atoms. The Morgan fingerprint density at radius 3 is 2.33 bits per heavy atom. The topological polar surface area (TPSA) is 74.6 Å². The van der Waals surface area contributed by atoms with Crippen LogP contribution in [-0.4, -0.2) is 22.0 Å². The van der Waals surface area contributed by atoms with Gasteiger partial charge in [0.15, 0.2) is 5.78 Å². The summed E-state index contributed by atoms with van der Waals surface area (Å²) in [4.78, 5) is 23.2. The largest absolute Gasteiger partial charge is 0.507 e. The van der Waals surface area contributed by atoms with Crippen molar-refractivity contribution >= 4 is 17.8 Å². The van der Waals surface area contributed by atoms with Crippen molar-refractivity contribution in [2.75, 3.05) is 0 Å². The van der Waals surface area contributed by atoms with Gasteiger partial charge in [0.05, 0.1) is 11.1 Å². The number of hydrogen-bond donors (Lipinski definition) is 2. The van der Waals surface area contributed by atoms with Crippen LogP contribution in [0.25, 0.3) is 6.08 Å². The number of benzene rings is 2. The minimum atomic E-state index is -1.25. The zero-order valence-electron chi connectivity index (χ0n) is 11.4. The van der Waals surface area contributed by atoms with E-state index in [2.05, 4.69) is 0 Å². The van der Waals surface area contributed by atoms with Gasteiger partial charge in [-0.1, -0.05) is 42.0 Å². The van der Waals surface area contributed by atoms with Crippen molar-refractivity contribution in [3.8, 4) is 5.75 Å². The van der Waals surface area contributed by atoms with E-state index >= 15 is 0 Å². The van der Waals surface area contributed by atoms with Crippen molar-refractivity contribution in [3.05, 3.63) is 70.8 Å². The minimum absolute atomic E-state index is 0.201. The molecule has 0 heterocycles. The lowest BCUT2D eigenvalue weighted by Crippen LogP contribution is -2.07. The van der Waals surface area contributed by atoms with E-state index in [0.717, 1.165) is 11.1 Å². The van der Waals surface area contributed by atoms with Gasteiger partial charge in [0.1, 0.15) is 5.75 Å². The Hall–Kier alpha value is -2.88. The van der Waals surface area contributed by atoms with Crippen LogP contribution >= 0.6 is 0 Å². The molecule has 0 unspecified atom stereocenters. The number of phenols is 1. The van der Waals surface area contributed by atoms with E-state index in [1.54, 1.807) is 6.08 Å². The molecule has 0 amide bonds. The van der Waals surface area contributed by atoms with Gasteiger partial charge in [0.25, 0.3) is 0 Å². The number of rotatable bonds is 4. The molecule has 0 atom stereocenters. The summed E-state index contributed by atoms with van der Waals surface area (Å²) in [7, 11) is 0. The second-order valence-electron chi connectivity index (χ2n) is 4.61. The third kappa shape index (κ3) is 3.36. The lowest BCUT2D eigenvalue weighted by molar-refractivity contribution is 0.0692. The molecule has 0 saturated heterocycles. The Labute approximate surface area is 122 Å². The smallest absolute Gasteiger partial charge is 0.336 e. The highest BCUT2D eigenvalue weighted by Crippen LogP contribution is 2.22. The number of carboxylic acid groups (broad SMARTS) is 1. The third-order valence-electron chi connectivity index (χ3n) is 3.02. The van der Waals surface area contributed by atoms with E-state index in [1.807, 2.05) is 31.2 Å². The molecule has 106 valence electrons. The van der Waals surface area contributed by atoms with Gasteiger partial charge in [-0.15, -0.1) is 0 Å². The normalized spacial score (nSPS) is 10.7. The van der Waals surface area contributed by atoms with E-state index in [0.29, 0.717) is 0 Å². The number of allylic oxidation sites excluding steroid dienone is 1. The van der Waals surface area contributed by atoms with Crippen molar-refractivity contribution in [1.82, 2.24) is 0 Å². The number of hydrogen-bond acceptors (Lipinski definition) is 3. The zero-order valence-corrected chi connectivity index (χ0v) is 11.4. The molecule has 4 heteroatoms. The Balaban J connectivity index is 2.33. The van der Waals surface area contributed by atoms with Gasteiger partial charge in [-0.05, 0) is 30.7 Å². The molecule has 0 aromatic heterocycles. The molecule has 2 aromatic rings. The summed E-state index contributed by atoms with van der Waals surface area (Å²) < 4.78 is 0. The standard InChI is InChI=1S/C17H14O4/c1-11-5-7-12(8-6-11)9-10-15(19)16-13(17(20)21)3-2-4-14(16)18/h2-10,18H,1H3,(H,20,21). The highest BCUT2D eigenvalue weighted by atomic mass is 16.4. The Bertz CT molecular complexity index is 712. The van der Waals surface area contributed by atoms with Crippen molar-refractivity contribution in [1.29, 1.82) is 0 Å². The minimum Gasteiger partial charge on any atom is -0.507 e. The monoisotopic (exact) mass is 282 g/mol. The summed E-state index contributed by atoms with van der Waals surface area (Å²) >= 11 is 0. The number of carboxylic acids is 1. The number of carbonyl (C=O) groups is 2. The molecule has 0 bridgehead atoms. The summed E-state index contributed by atoms with van der Waals surface area (Å²) in [6, 6.07) is 11.5. The molecular weight excluding hydrogens is 268 g/mol. The molecule has 2 aromatic carbocycles. The fraction of sp³-hybridized carbons (Fsp3) is 0.0588. The fourth-order valence-corrected chi connectivity index (χ4v) is 1.91. The fourth-order valence-electron chi connectivity index (χ4n) is 1.91. The molecule has 2 rings (SSSR count). The lowest BCUT2D eigenvalue weighted by atomic mass is 10.0. The van der Waals surface area contributed by atoms with E-state index in [-0.39, 0.29) is 16.9 Å². The lowest BCUT2D eigenvalue weighted by Gasteiger charge is -2.04. The molecule has 0 saturated carbocycles. The highest BCUT2D eigenvalue weighted by Gasteiger charge is 2.18. The summed E-state index contributed by atoms with van der Waals surface area (Å²) in [6.07, 6.45) is 2.84. The molecule has 2 N–H and O–H groups in total. The van der Waals surface area contributed by atoms with E-state index in [1.165, 1.54) is 24.3 Å². The number of carbonyl (C=O) groups excluding carboxylic acids is 1. The van der Waals surface area contributed by atoms with Gasteiger partial charge in [-0.2, -0.15) is 0 Å². The SMILES string of the molecule is Cc1ccc(C=CC(=O)c2c(O)cccc2C(=O)O)cc1. The van der Waals surface area contributed by atoms with Crippen LogP contribution in [0, 0.1) is 6.92 Å². The second kappa shape index (κ2) is 6.05. The first-order valence-corrected chi connectivity index (χ1v) is 6.33. The summed E-state index contributed by atoms with van der Waals surface area (Å²) in [5.41, 5.74) is 1.51. The predicted octanol–water partition coefficient (Wildman–Crippen LogP) is 3.29. The second-order valence-corrected chi connectivity index (χ2v) is 4.61. The quantitative estimate of drug-likeness (QED) is 0.666. The molecule has 0 aliphatic heterocycles. The number of aryl methyl sites for hydroxylation is 1. The van der Waals surface area contributed by atoms with Crippen LogP contribution < -0.4 is 0 Å². The Morgan fingerprint density at radius 1 is 1.05 bits per heavy atom. The van der Waals surface area contributed by atoms with E-state index in [4.69, 9.17) is 5.11 Å². The first kappa shape index (κ1) is 14.5. The van der Waals surface area contributed by atoms with E-state index < -0.39 is 11.8 Å². The molecule has 0 radical (unpaired) electrons. The van der Waals surface area contributed by atoms with Crippen LogP contribution in [0.4, 0.5) is 0 Å².